The molecule has 4 rings (SSSR count). The number of nitrogens with zero attached hydrogens (tertiary/aromatic N) is 3. The lowest BCUT2D eigenvalue weighted by atomic mass is 9.89. The number of aromatic nitrogens is 2. The van der Waals surface area contributed by atoms with Crippen LogP contribution in [0.4, 0.5) is 5.82 Å². The summed E-state index contributed by atoms with van der Waals surface area (Å²) in [5.41, 5.74) is 5.53. The molecule has 28 heavy (non-hydrogen) atoms. The topological polar surface area (TPSA) is 41.0 Å². The molecule has 1 fully saturated rings. The van der Waals surface area contributed by atoms with Gasteiger partial charge in [0.25, 0.3) is 0 Å². The van der Waals surface area contributed by atoms with Crippen molar-refractivity contribution in [3.8, 4) is 0 Å². The van der Waals surface area contributed by atoms with Gasteiger partial charge in [0.05, 0.1) is 0 Å². The maximum absolute atomic E-state index is 4.68. The minimum atomic E-state index is 0.741. The summed E-state index contributed by atoms with van der Waals surface area (Å²) in [6.07, 6.45) is 8.52. The van der Waals surface area contributed by atoms with Gasteiger partial charge < -0.3 is 10.2 Å². The third-order valence-corrected chi connectivity index (χ3v) is 6.37. The van der Waals surface area contributed by atoms with E-state index in [0.717, 1.165) is 36.9 Å². The Morgan fingerprint density at radius 1 is 1.00 bits per heavy atom. The normalized spacial score (nSPS) is 18.1. The fraction of sp³-hybridized carbons (Fsp3) is 0.583. The zero-order chi connectivity index (χ0) is 19.3. The smallest absolute Gasteiger partial charge is 0.133 e. The van der Waals surface area contributed by atoms with Crippen molar-refractivity contribution < 1.29 is 0 Å². The minimum Gasteiger partial charge on any atom is -0.370 e. The van der Waals surface area contributed by atoms with E-state index in [1.807, 2.05) is 6.92 Å². The van der Waals surface area contributed by atoms with E-state index in [1.165, 1.54) is 74.1 Å². The summed E-state index contributed by atoms with van der Waals surface area (Å²) in [5, 5.41) is 3.62. The molecule has 1 saturated heterocycles. The Labute approximate surface area is 169 Å². The molecule has 0 amide bonds. The molecule has 0 bridgehead atoms. The van der Waals surface area contributed by atoms with E-state index >= 15 is 0 Å². The third kappa shape index (κ3) is 4.72. The number of aryl methyl sites for hydroxylation is 3. The van der Waals surface area contributed by atoms with Crippen molar-refractivity contribution in [3.63, 3.8) is 0 Å². The second kappa shape index (κ2) is 9.04. The number of hydrogen-bond acceptors (Lipinski definition) is 4. The number of likely N-dealkylation sites (tertiary alicyclic amines) is 1. The summed E-state index contributed by atoms with van der Waals surface area (Å²) in [7, 11) is 0. The molecule has 0 spiro atoms. The third-order valence-electron chi connectivity index (χ3n) is 6.37. The van der Waals surface area contributed by atoms with E-state index in [4.69, 9.17) is 0 Å². The van der Waals surface area contributed by atoms with Crippen LogP contribution in [0, 0.1) is 13.8 Å². The van der Waals surface area contributed by atoms with Crippen LogP contribution >= 0.6 is 0 Å². The maximum Gasteiger partial charge on any atom is 0.133 e. The van der Waals surface area contributed by atoms with Gasteiger partial charge in [0, 0.05) is 17.8 Å². The first-order chi connectivity index (χ1) is 13.7. The summed E-state index contributed by atoms with van der Waals surface area (Å²) in [5.74, 6) is 2.74. The number of hydrogen-bond donors (Lipinski definition) is 1. The van der Waals surface area contributed by atoms with Crippen LogP contribution in [0.5, 0.6) is 0 Å². The highest BCUT2D eigenvalue weighted by Gasteiger charge is 2.20. The molecule has 0 atom stereocenters. The first-order valence-electron chi connectivity index (χ1n) is 11.1. The van der Waals surface area contributed by atoms with Crippen LogP contribution < -0.4 is 5.32 Å². The van der Waals surface area contributed by atoms with Crippen molar-refractivity contribution in [3.05, 3.63) is 52.5 Å². The number of nitrogens with one attached hydrogen (secondary N) is 1. The SMILES string of the molecule is Cc1ccc(C2CCN(CCCNc3nc(C)nc4c3CCCC4)CC2)cc1. The number of anilines is 1. The van der Waals surface area contributed by atoms with Gasteiger partial charge in [0.2, 0.25) is 0 Å². The van der Waals surface area contributed by atoms with E-state index in [9.17, 15) is 0 Å². The molecule has 1 aliphatic carbocycles. The fourth-order valence-corrected chi connectivity index (χ4v) is 4.70. The van der Waals surface area contributed by atoms with Crippen molar-refractivity contribution in [2.45, 2.75) is 64.7 Å². The van der Waals surface area contributed by atoms with Gasteiger partial charge in [0.1, 0.15) is 11.6 Å². The molecule has 2 aliphatic rings. The molecular formula is C24H34N4. The van der Waals surface area contributed by atoms with Crippen molar-refractivity contribution in [1.29, 1.82) is 0 Å². The number of piperidine rings is 1. The van der Waals surface area contributed by atoms with Gasteiger partial charge in [-0.1, -0.05) is 29.8 Å². The van der Waals surface area contributed by atoms with E-state index in [2.05, 4.69) is 51.4 Å². The predicted octanol–water partition coefficient (Wildman–Crippen LogP) is 4.65. The molecule has 0 unspecified atom stereocenters. The quantitative estimate of drug-likeness (QED) is 0.743. The predicted molar refractivity (Wildman–Crippen MR) is 116 cm³/mol. The molecule has 1 N–H and O–H groups in total. The highest BCUT2D eigenvalue weighted by atomic mass is 15.1. The Kier molecular flexibility index (Phi) is 6.26. The summed E-state index contributed by atoms with van der Waals surface area (Å²) < 4.78 is 0. The second-order valence-electron chi connectivity index (χ2n) is 8.56. The Hall–Kier alpha value is -1.94. The summed E-state index contributed by atoms with van der Waals surface area (Å²) in [6.45, 7) is 8.80. The molecule has 1 aliphatic heterocycles. The van der Waals surface area contributed by atoms with Gasteiger partial charge in [-0.3, -0.25) is 0 Å². The van der Waals surface area contributed by atoms with E-state index in [1.54, 1.807) is 0 Å². The van der Waals surface area contributed by atoms with Gasteiger partial charge in [-0.25, -0.2) is 9.97 Å². The lowest BCUT2D eigenvalue weighted by molar-refractivity contribution is 0.212. The highest BCUT2D eigenvalue weighted by molar-refractivity contribution is 5.47. The van der Waals surface area contributed by atoms with Crippen molar-refractivity contribution >= 4 is 5.82 Å². The van der Waals surface area contributed by atoms with Gasteiger partial charge in [-0.05, 0) is 89.9 Å². The van der Waals surface area contributed by atoms with Crippen LogP contribution in [0.2, 0.25) is 0 Å². The molecule has 4 nitrogen and oxygen atoms in total. The van der Waals surface area contributed by atoms with Crippen molar-refractivity contribution in [2.24, 2.45) is 0 Å². The van der Waals surface area contributed by atoms with E-state index in [-0.39, 0.29) is 0 Å². The molecular weight excluding hydrogens is 344 g/mol. The molecule has 2 aromatic rings. The fourth-order valence-electron chi connectivity index (χ4n) is 4.70. The largest absolute Gasteiger partial charge is 0.370 e. The van der Waals surface area contributed by atoms with Gasteiger partial charge in [-0.15, -0.1) is 0 Å². The number of fused-ring (bicyclic) bond motifs is 1. The van der Waals surface area contributed by atoms with Gasteiger partial charge >= 0.3 is 0 Å². The first-order valence-corrected chi connectivity index (χ1v) is 11.1. The summed E-state index contributed by atoms with van der Waals surface area (Å²) in [6, 6.07) is 9.15. The average Bonchev–Trinajstić information content (AvgIpc) is 2.72. The Morgan fingerprint density at radius 2 is 1.75 bits per heavy atom. The van der Waals surface area contributed by atoms with Crippen LogP contribution in [-0.2, 0) is 12.8 Å². The molecule has 2 heterocycles. The minimum absolute atomic E-state index is 0.741. The van der Waals surface area contributed by atoms with Crippen molar-refractivity contribution in [1.82, 2.24) is 14.9 Å². The molecule has 1 aromatic heterocycles. The summed E-state index contributed by atoms with van der Waals surface area (Å²) in [4.78, 5) is 12.0. The lowest BCUT2D eigenvalue weighted by Crippen LogP contribution is -2.34. The highest BCUT2D eigenvalue weighted by Crippen LogP contribution is 2.28. The van der Waals surface area contributed by atoms with Crippen molar-refractivity contribution in [2.75, 3.05) is 31.5 Å². The van der Waals surface area contributed by atoms with E-state index in [0.29, 0.717) is 0 Å². The Morgan fingerprint density at radius 3 is 2.54 bits per heavy atom. The number of rotatable bonds is 6. The van der Waals surface area contributed by atoms with E-state index < -0.39 is 0 Å². The van der Waals surface area contributed by atoms with Gasteiger partial charge in [0.15, 0.2) is 0 Å². The standard InChI is InChI=1S/C24H34N4/c1-18-8-10-20(11-9-18)21-12-16-28(17-13-21)15-5-14-25-24-22-6-3-4-7-23(22)26-19(2)27-24/h8-11,21H,3-7,12-17H2,1-2H3,(H,25,26,27). The first kappa shape index (κ1) is 19.4. The molecule has 0 radical (unpaired) electrons. The lowest BCUT2D eigenvalue weighted by Gasteiger charge is -2.32. The summed E-state index contributed by atoms with van der Waals surface area (Å²) >= 11 is 0. The molecule has 0 saturated carbocycles. The Balaban J connectivity index is 1.22. The van der Waals surface area contributed by atoms with Crippen LogP contribution in [-0.4, -0.2) is 41.0 Å². The zero-order valence-electron chi connectivity index (χ0n) is 17.5. The van der Waals surface area contributed by atoms with Gasteiger partial charge in [-0.2, -0.15) is 0 Å². The Bertz CT molecular complexity index is 776. The molecule has 150 valence electrons. The van der Waals surface area contributed by atoms with Crippen LogP contribution in [0.1, 0.15) is 66.2 Å². The average molecular weight is 379 g/mol. The zero-order valence-corrected chi connectivity index (χ0v) is 17.5. The van der Waals surface area contributed by atoms with Crippen LogP contribution in [0.25, 0.3) is 0 Å². The molecule has 4 heteroatoms. The second-order valence-corrected chi connectivity index (χ2v) is 8.56. The van der Waals surface area contributed by atoms with Crippen LogP contribution in [0.15, 0.2) is 24.3 Å². The monoisotopic (exact) mass is 378 g/mol. The maximum atomic E-state index is 4.68. The number of benzene rings is 1. The van der Waals surface area contributed by atoms with Crippen LogP contribution in [0.3, 0.4) is 0 Å². The molecule has 1 aromatic carbocycles.